The van der Waals surface area contributed by atoms with E-state index in [4.69, 9.17) is 4.99 Å². The number of amidine groups is 1. The summed E-state index contributed by atoms with van der Waals surface area (Å²) in [7, 11) is 2.15. The normalized spacial score (nSPS) is 19.7. The number of para-hydroxylation sites is 3. The smallest absolute Gasteiger partial charge is 0.135 e. The number of anilines is 2. The first kappa shape index (κ1) is 10.6. The van der Waals surface area contributed by atoms with Crippen molar-refractivity contribution in [1.82, 2.24) is 0 Å². The molecular weight excluding hydrogens is 234 g/mol. The van der Waals surface area contributed by atoms with Crippen molar-refractivity contribution in [2.24, 2.45) is 4.99 Å². The zero-order valence-corrected chi connectivity index (χ0v) is 11.0. The van der Waals surface area contributed by atoms with Gasteiger partial charge in [-0.1, -0.05) is 30.3 Å². The topological polar surface area (TPSA) is 18.8 Å². The van der Waals surface area contributed by atoms with Crippen LogP contribution < -0.4 is 9.80 Å². The van der Waals surface area contributed by atoms with Crippen molar-refractivity contribution in [1.29, 1.82) is 0 Å². The van der Waals surface area contributed by atoms with Crippen LogP contribution >= 0.6 is 0 Å². The monoisotopic (exact) mass is 249 g/mol. The van der Waals surface area contributed by atoms with Crippen LogP contribution in [0.3, 0.4) is 0 Å². The molecule has 94 valence electrons. The van der Waals surface area contributed by atoms with Crippen LogP contribution in [0.5, 0.6) is 0 Å². The second-order valence-electron chi connectivity index (χ2n) is 5.06. The molecule has 0 saturated carbocycles. The molecule has 0 bridgehead atoms. The molecule has 4 rings (SSSR count). The van der Waals surface area contributed by atoms with Gasteiger partial charge in [-0.05, 0) is 25.1 Å². The minimum absolute atomic E-state index is 0.228. The standard InChI is InChI=1S/C16H15N3/c1-11-17-13-8-4-3-7-12(13)16-18(2)14-9-5-6-10-15(14)19(11)16/h3-10,16H,1-2H3. The largest absolute Gasteiger partial charge is 0.348 e. The Morgan fingerprint density at radius 1 is 0.947 bits per heavy atom. The van der Waals surface area contributed by atoms with Crippen molar-refractivity contribution in [3.05, 3.63) is 54.1 Å². The van der Waals surface area contributed by atoms with Crippen LogP contribution in [0.25, 0.3) is 0 Å². The number of fused-ring (bicyclic) bond motifs is 5. The van der Waals surface area contributed by atoms with Crippen molar-refractivity contribution in [2.75, 3.05) is 16.8 Å². The van der Waals surface area contributed by atoms with Gasteiger partial charge in [0.25, 0.3) is 0 Å². The lowest BCUT2D eigenvalue weighted by Gasteiger charge is -2.34. The third-order valence-electron chi connectivity index (χ3n) is 3.98. The molecule has 3 nitrogen and oxygen atoms in total. The van der Waals surface area contributed by atoms with Gasteiger partial charge in [0.2, 0.25) is 0 Å². The van der Waals surface area contributed by atoms with Crippen molar-refractivity contribution in [3.63, 3.8) is 0 Å². The molecule has 1 atom stereocenters. The van der Waals surface area contributed by atoms with Crippen LogP contribution in [0.15, 0.2) is 53.5 Å². The van der Waals surface area contributed by atoms with E-state index < -0.39 is 0 Å². The van der Waals surface area contributed by atoms with Gasteiger partial charge in [-0.3, -0.25) is 0 Å². The highest BCUT2D eigenvalue weighted by molar-refractivity contribution is 6.05. The Morgan fingerprint density at radius 3 is 2.47 bits per heavy atom. The summed E-state index contributed by atoms with van der Waals surface area (Å²) in [6.45, 7) is 2.08. The molecule has 2 aromatic carbocycles. The summed E-state index contributed by atoms with van der Waals surface area (Å²) in [5.41, 5.74) is 4.86. The van der Waals surface area contributed by atoms with Gasteiger partial charge in [0, 0.05) is 12.6 Å². The predicted molar refractivity (Wildman–Crippen MR) is 79.3 cm³/mol. The number of rotatable bonds is 0. The zero-order valence-electron chi connectivity index (χ0n) is 11.0. The maximum Gasteiger partial charge on any atom is 0.135 e. The molecule has 0 aromatic heterocycles. The Kier molecular flexibility index (Phi) is 2.01. The van der Waals surface area contributed by atoms with Crippen molar-refractivity contribution in [2.45, 2.75) is 13.1 Å². The van der Waals surface area contributed by atoms with Gasteiger partial charge in [0.05, 0.1) is 17.1 Å². The van der Waals surface area contributed by atoms with E-state index in [1.54, 1.807) is 0 Å². The van der Waals surface area contributed by atoms with Gasteiger partial charge < -0.3 is 9.80 Å². The first-order valence-electron chi connectivity index (χ1n) is 6.53. The first-order valence-corrected chi connectivity index (χ1v) is 6.53. The van der Waals surface area contributed by atoms with Crippen LogP contribution in [-0.4, -0.2) is 12.9 Å². The summed E-state index contributed by atoms with van der Waals surface area (Å²) in [5.74, 6) is 1.06. The molecule has 0 radical (unpaired) electrons. The molecule has 19 heavy (non-hydrogen) atoms. The molecule has 0 aliphatic carbocycles. The molecule has 1 unspecified atom stereocenters. The molecule has 2 aliphatic heterocycles. The van der Waals surface area contributed by atoms with Gasteiger partial charge in [-0.25, -0.2) is 4.99 Å². The molecule has 0 spiro atoms. The van der Waals surface area contributed by atoms with Crippen molar-refractivity contribution >= 4 is 22.9 Å². The minimum Gasteiger partial charge on any atom is -0.348 e. The lowest BCUT2D eigenvalue weighted by molar-refractivity contribution is 0.721. The Balaban J connectivity index is 1.98. The highest BCUT2D eigenvalue weighted by Crippen LogP contribution is 2.49. The van der Waals surface area contributed by atoms with Gasteiger partial charge in [-0.15, -0.1) is 0 Å². The predicted octanol–water partition coefficient (Wildman–Crippen LogP) is 3.71. The third kappa shape index (κ3) is 1.30. The fourth-order valence-electron chi connectivity index (χ4n) is 3.14. The third-order valence-corrected chi connectivity index (χ3v) is 3.98. The summed E-state index contributed by atoms with van der Waals surface area (Å²) in [6.07, 6.45) is 0.228. The van der Waals surface area contributed by atoms with E-state index >= 15 is 0 Å². The molecule has 0 amide bonds. The van der Waals surface area contributed by atoms with Crippen molar-refractivity contribution in [3.8, 4) is 0 Å². The molecular formula is C16H15N3. The fraction of sp³-hybridized carbons (Fsp3) is 0.188. The molecule has 2 aromatic rings. The second-order valence-corrected chi connectivity index (χ2v) is 5.06. The van der Waals surface area contributed by atoms with Crippen LogP contribution in [-0.2, 0) is 0 Å². The number of aliphatic imine (C=N–C) groups is 1. The quantitative estimate of drug-likeness (QED) is 0.709. The fourth-order valence-corrected chi connectivity index (χ4v) is 3.14. The van der Waals surface area contributed by atoms with E-state index in [9.17, 15) is 0 Å². The Labute approximate surface area is 112 Å². The lowest BCUT2D eigenvalue weighted by atomic mass is 10.1. The van der Waals surface area contributed by atoms with Crippen LogP contribution in [0.1, 0.15) is 18.7 Å². The van der Waals surface area contributed by atoms with E-state index in [2.05, 4.69) is 66.2 Å². The SMILES string of the molecule is CC1=Nc2ccccc2C2N(C)c3ccccc3N12. The lowest BCUT2D eigenvalue weighted by Crippen LogP contribution is -2.38. The van der Waals surface area contributed by atoms with Crippen LogP contribution in [0.4, 0.5) is 17.1 Å². The number of hydrogen-bond acceptors (Lipinski definition) is 3. The van der Waals surface area contributed by atoms with Crippen LogP contribution in [0.2, 0.25) is 0 Å². The summed E-state index contributed by atoms with van der Waals surface area (Å²) in [6, 6.07) is 16.9. The maximum absolute atomic E-state index is 4.74. The van der Waals surface area contributed by atoms with Gasteiger partial charge in [-0.2, -0.15) is 0 Å². The summed E-state index contributed by atoms with van der Waals surface area (Å²) in [4.78, 5) is 9.38. The minimum atomic E-state index is 0.228. The number of benzene rings is 2. The molecule has 3 heteroatoms. The van der Waals surface area contributed by atoms with E-state index in [-0.39, 0.29) is 6.17 Å². The average Bonchev–Trinajstić information content (AvgIpc) is 2.74. The zero-order chi connectivity index (χ0) is 13.0. The highest BCUT2D eigenvalue weighted by atomic mass is 15.4. The molecule has 2 heterocycles. The van der Waals surface area contributed by atoms with Crippen LogP contribution in [0, 0.1) is 0 Å². The average molecular weight is 249 g/mol. The second kappa shape index (κ2) is 3.60. The highest BCUT2D eigenvalue weighted by Gasteiger charge is 2.39. The van der Waals surface area contributed by atoms with E-state index in [1.165, 1.54) is 16.9 Å². The molecule has 2 aliphatic rings. The van der Waals surface area contributed by atoms with Crippen molar-refractivity contribution < 1.29 is 0 Å². The van der Waals surface area contributed by atoms with Gasteiger partial charge in [0.15, 0.2) is 0 Å². The van der Waals surface area contributed by atoms with Gasteiger partial charge in [0.1, 0.15) is 12.0 Å². The van der Waals surface area contributed by atoms with E-state index in [0.717, 1.165) is 11.5 Å². The summed E-state index contributed by atoms with van der Waals surface area (Å²) < 4.78 is 0. The van der Waals surface area contributed by atoms with E-state index in [0.29, 0.717) is 0 Å². The molecule has 0 N–H and O–H groups in total. The van der Waals surface area contributed by atoms with E-state index in [1.807, 2.05) is 6.07 Å². The molecule has 0 fully saturated rings. The number of nitrogens with zero attached hydrogens (tertiary/aromatic N) is 3. The van der Waals surface area contributed by atoms with Gasteiger partial charge >= 0.3 is 0 Å². The molecule has 0 saturated heterocycles. The summed E-state index contributed by atoms with van der Waals surface area (Å²) >= 11 is 0. The Morgan fingerprint density at radius 2 is 1.63 bits per heavy atom. The summed E-state index contributed by atoms with van der Waals surface area (Å²) in [5, 5.41) is 0. The maximum atomic E-state index is 4.74. The number of hydrogen-bond donors (Lipinski definition) is 0. The Bertz CT molecular complexity index is 690. The first-order chi connectivity index (χ1) is 9.27. The Hall–Kier alpha value is -2.29.